The van der Waals surface area contributed by atoms with Gasteiger partial charge in [-0.15, -0.1) is 11.3 Å². The van der Waals surface area contributed by atoms with Gasteiger partial charge >= 0.3 is 0 Å². The number of aromatic nitrogens is 3. The molecule has 7 nitrogen and oxygen atoms in total. The number of imidazole rings is 1. The first-order chi connectivity index (χ1) is 15.0. The van der Waals surface area contributed by atoms with Crippen LogP contribution >= 0.6 is 11.3 Å². The second kappa shape index (κ2) is 9.09. The highest BCUT2D eigenvalue weighted by Gasteiger charge is 2.12. The molecule has 2 aromatic carbocycles. The molecule has 0 aliphatic carbocycles. The van der Waals surface area contributed by atoms with Gasteiger partial charge in [0, 0.05) is 48.6 Å². The van der Waals surface area contributed by atoms with Crippen LogP contribution in [0, 0.1) is 24.0 Å². The summed E-state index contributed by atoms with van der Waals surface area (Å²) < 4.78 is 4.19. The molecule has 0 fully saturated rings. The van der Waals surface area contributed by atoms with Crippen molar-refractivity contribution in [1.82, 2.24) is 14.1 Å². The van der Waals surface area contributed by atoms with Crippen molar-refractivity contribution in [3.63, 3.8) is 0 Å². The normalized spacial score (nSPS) is 11.7. The highest BCUT2D eigenvalue weighted by atomic mass is 32.1. The summed E-state index contributed by atoms with van der Waals surface area (Å²) >= 11 is 1.55. The van der Waals surface area contributed by atoms with Crippen LogP contribution in [0.1, 0.15) is 17.5 Å². The van der Waals surface area contributed by atoms with E-state index in [1.54, 1.807) is 36.0 Å². The molecule has 0 saturated heterocycles. The number of rotatable bonds is 7. The topological polar surface area (TPSA) is 78.2 Å². The number of hydrogen-bond acceptors (Lipinski definition) is 5. The van der Waals surface area contributed by atoms with Crippen molar-refractivity contribution < 1.29 is 4.92 Å². The minimum atomic E-state index is -0.361. The predicted octanol–water partition coefficient (Wildman–Crippen LogP) is 5.26. The van der Waals surface area contributed by atoms with Gasteiger partial charge in [0.15, 0.2) is 4.80 Å². The van der Waals surface area contributed by atoms with Gasteiger partial charge in [-0.25, -0.2) is 9.98 Å². The Balaban J connectivity index is 1.75. The number of thiazole rings is 1. The molecule has 0 unspecified atom stereocenters. The zero-order chi connectivity index (χ0) is 21.8. The van der Waals surface area contributed by atoms with Gasteiger partial charge in [0.2, 0.25) is 0 Å². The Labute approximate surface area is 184 Å². The van der Waals surface area contributed by atoms with Crippen LogP contribution < -0.4 is 4.80 Å². The largest absolute Gasteiger partial charge is 0.337 e. The molecule has 8 heteroatoms. The molecule has 0 amide bonds. The van der Waals surface area contributed by atoms with E-state index < -0.39 is 0 Å². The Morgan fingerprint density at radius 1 is 1.13 bits per heavy atom. The zero-order valence-electron chi connectivity index (χ0n) is 17.4. The summed E-state index contributed by atoms with van der Waals surface area (Å²) in [5.41, 5.74) is 5.08. The van der Waals surface area contributed by atoms with Gasteiger partial charge in [0.25, 0.3) is 5.69 Å². The Morgan fingerprint density at radius 2 is 1.94 bits per heavy atom. The lowest BCUT2D eigenvalue weighted by atomic mass is 10.1. The molecule has 0 aliphatic rings. The van der Waals surface area contributed by atoms with Crippen molar-refractivity contribution in [1.29, 1.82) is 0 Å². The quantitative estimate of drug-likeness (QED) is 0.295. The SMILES string of the molecule is Cc1cc(C)cc(N=c2scc(-c3cccc([N+](=O)[O-])c3)n2CCCn2ccnc2)c1. The van der Waals surface area contributed by atoms with Crippen molar-refractivity contribution in [3.8, 4) is 11.3 Å². The Hall–Kier alpha value is -3.52. The average Bonchev–Trinajstić information content (AvgIpc) is 3.38. The molecule has 4 rings (SSSR count). The van der Waals surface area contributed by atoms with E-state index in [0.717, 1.165) is 41.3 Å². The fourth-order valence-electron chi connectivity index (χ4n) is 3.60. The van der Waals surface area contributed by atoms with Gasteiger partial charge in [0.1, 0.15) is 0 Å². The second-order valence-corrected chi connectivity index (χ2v) is 8.31. The lowest BCUT2D eigenvalue weighted by molar-refractivity contribution is -0.384. The summed E-state index contributed by atoms with van der Waals surface area (Å²) in [6.07, 6.45) is 6.41. The highest BCUT2D eigenvalue weighted by molar-refractivity contribution is 7.07. The average molecular weight is 434 g/mol. The number of nitrogens with zero attached hydrogens (tertiary/aromatic N) is 5. The molecule has 0 radical (unpaired) electrons. The maximum atomic E-state index is 11.3. The Kier molecular flexibility index (Phi) is 6.08. The minimum absolute atomic E-state index is 0.0847. The van der Waals surface area contributed by atoms with Crippen LogP contribution in [0.5, 0.6) is 0 Å². The molecule has 0 atom stereocenters. The van der Waals surface area contributed by atoms with Crippen molar-refractivity contribution in [2.24, 2.45) is 4.99 Å². The first kappa shape index (κ1) is 20.7. The molecule has 0 aliphatic heterocycles. The lowest BCUT2D eigenvalue weighted by Crippen LogP contribution is -2.17. The fraction of sp³-hybridized carbons (Fsp3) is 0.217. The zero-order valence-corrected chi connectivity index (χ0v) is 18.2. The van der Waals surface area contributed by atoms with E-state index >= 15 is 0 Å². The molecule has 158 valence electrons. The number of benzene rings is 2. The van der Waals surface area contributed by atoms with Gasteiger partial charge in [-0.1, -0.05) is 18.2 Å². The van der Waals surface area contributed by atoms with Crippen LogP contribution in [0.3, 0.4) is 0 Å². The molecular weight excluding hydrogens is 410 g/mol. The summed E-state index contributed by atoms with van der Waals surface area (Å²) in [7, 11) is 0. The van der Waals surface area contributed by atoms with Crippen LogP contribution in [-0.2, 0) is 13.1 Å². The first-order valence-corrected chi connectivity index (χ1v) is 10.9. The summed E-state index contributed by atoms with van der Waals surface area (Å²) in [6, 6.07) is 13.0. The molecule has 31 heavy (non-hydrogen) atoms. The lowest BCUT2D eigenvalue weighted by Gasteiger charge is -2.10. The van der Waals surface area contributed by atoms with Crippen molar-refractivity contribution >= 4 is 22.7 Å². The smallest absolute Gasteiger partial charge is 0.270 e. The summed E-state index contributed by atoms with van der Waals surface area (Å²) in [6.45, 7) is 5.70. The monoisotopic (exact) mass is 433 g/mol. The molecule has 0 saturated carbocycles. The molecule has 4 aromatic rings. The van der Waals surface area contributed by atoms with Crippen molar-refractivity contribution in [2.45, 2.75) is 33.4 Å². The molecule has 0 bridgehead atoms. The molecule has 0 spiro atoms. The van der Waals surface area contributed by atoms with E-state index in [2.05, 4.69) is 41.6 Å². The second-order valence-electron chi connectivity index (χ2n) is 7.47. The van der Waals surface area contributed by atoms with E-state index in [1.807, 2.05) is 22.2 Å². The Morgan fingerprint density at radius 3 is 2.65 bits per heavy atom. The third-order valence-corrected chi connectivity index (χ3v) is 5.80. The highest BCUT2D eigenvalue weighted by Crippen LogP contribution is 2.25. The van der Waals surface area contributed by atoms with Gasteiger partial charge in [-0.2, -0.15) is 0 Å². The summed E-state index contributed by atoms with van der Waals surface area (Å²) in [4.78, 5) is 20.8. The van der Waals surface area contributed by atoms with Crippen LogP contribution in [0.4, 0.5) is 11.4 Å². The van der Waals surface area contributed by atoms with Gasteiger partial charge in [0.05, 0.1) is 22.6 Å². The van der Waals surface area contributed by atoms with Crippen LogP contribution in [-0.4, -0.2) is 19.0 Å². The van der Waals surface area contributed by atoms with Gasteiger partial charge < -0.3 is 9.13 Å². The summed E-state index contributed by atoms with van der Waals surface area (Å²) in [5, 5.41) is 13.3. The molecule has 2 aromatic heterocycles. The van der Waals surface area contributed by atoms with Crippen molar-refractivity contribution in [2.75, 3.05) is 0 Å². The number of hydrogen-bond donors (Lipinski definition) is 0. The first-order valence-electron chi connectivity index (χ1n) is 10.0. The number of nitro groups is 1. The standard InChI is InChI=1S/C23H23N5O2S/c1-17-11-18(2)13-20(12-17)25-23-27(9-4-8-26-10-7-24-16-26)22(15-31-23)19-5-3-6-21(14-19)28(29)30/h3,5-7,10-16H,4,8-9H2,1-2H3. The molecule has 2 heterocycles. The van der Waals surface area contributed by atoms with E-state index in [4.69, 9.17) is 4.99 Å². The Bertz CT molecular complexity index is 1250. The van der Waals surface area contributed by atoms with Gasteiger partial charge in [-0.3, -0.25) is 10.1 Å². The van der Waals surface area contributed by atoms with Gasteiger partial charge in [-0.05, 0) is 43.5 Å². The third-order valence-electron chi connectivity index (χ3n) is 4.94. The molecular formula is C23H23N5O2S. The van der Waals surface area contributed by atoms with Crippen LogP contribution in [0.15, 0.2) is 71.6 Å². The molecule has 0 N–H and O–H groups in total. The van der Waals surface area contributed by atoms with Crippen LogP contribution in [0.25, 0.3) is 11.3 Å². The van der Waals surface area contributed by atoms with E-state index in [1.165, 1.54) is 17.2 Å². The fourth-order valence-corrected chi connectivity index (χ4v) is 4.56. The number of non-ortho nitro benzene ring substituents is 1. The summed E-state index contributed by atoms with van der Waals surface area (Å²) in [5.74, 6) is 0. The maximum Gasteiger partial charge on any atom is 0.270 e. The third kappa shape index (κ3) is 4.97. The van der Waals surface area contributed by atoms with E-state index in [0.29, 0.717) is 0 Å². The minimum Gasteiger partial charge on any atom is -0.337 e. The van der Waals surface area contributed by atoms with Crippen LogP contribution in [0.2, 0.25) is 0 Å². The maximum absolute atomic E-state index is 11.3. The van der Waals surface area contributed by atoms with E-state index in [9.17, 15) is 10.1 Å². The van der Waals surface area contributed by atoms with E-state index in [-0.39, 0.29) is 10.6 Å². The number of nitro benzene ring substituents is 1. The van der Waals surface area contributed by atoms with Crippen molar-refractivity contribution in [3.05, 3.63) is 92.6 Å². The number of aryl methyl sites for hydroxylation is 3. The predicted molar refractivity (Wildman–Crippen MR) is 122 cm³/mol.